The summed E-state index contributed by atoms with van der Waals surface area (Å²) in [6.07, 6.45) is 1.57. The van der Waals surface area contributed by atoms with E-state index in [4.69, 9.17) is 11.6 Å². The van der Waals surface area contributed by atoms with Crippen LogP contribution in [0.5, 0.6) is 0 Å². The molecule has 0 aliphatic heterocycles. The first-order chi connectivity index (χ1) is 7.66. The van der Waals surface area contributed by atoms with Gasteiger partial charge in [0.25, 0.3) is 5.91 Å². The molecule has 0 unspecified atom stereocenters. The lowest BCUT2D eigenvalue weighted by atomic mass is 10.2. The van der Waals surface area contributed by atoms with Gasteiger partial charge in [-0.15, -0.1) is 0 Å². The van der Waals surface area contributed by atoms with E-state index in [1.54, 1.807) is 30.5 Å². The minimum Gasteiger partial charge on any atom is -0.307 e. The molecule has 2 aromatic rings. The van der Waals surface area contributed by atoms with Gasteiger partial charge in [0, 0.05) is 15.2 Å². The summed E-state index contributed by atoms with van der Waals surface area (Å²) >= 11 is 7.95. The Bertz CT molecular complexity index is 513. The third kappa shape index (κ3) is 2.53. The second-order valence-electron chi connectivity index (χ2n) is 3.05. The third-order valence-electron chi connectivity index (χ3n) is 1.93. The highest BCUT2D eigenvalue weighted by molar-refractivity contribution is 14.1. The lowest BCUT2D eigenvalue weighted by Crippen LogP contribution is -2.12. The van der Waals surface area contributed by atoms with Crippen molar-refractivity contribution >= 4 is 45.9 Å². The number of hydrogen-bond donors (Lipinski definition) is 2. The summed E-state index contributed by atoms with van der Waals surface area (Å²) < 4.78 is 0.844. The van der Waals surface area contributed by atoms with Crippen molar-refractivity contribution in [3.05, 3.63) is 44.6 Å². The molecule has 1 heterocycles. The van der Waals surface area contributed by atoms with Crippen molar-refractivity contribution < 1.29 is 4.79 Å². The molecule has 0 spiro atoms. The van der Waals surface area contributed by atoms with Crippen molar-refractivity contribution in [1.29, 1.82) is 0 Å². The van der Waals surface area contributed by atoms with Crippen LogP contribution in [0.15, 0.2) is 30.5 Å². The fourth-order valence-corrected chi connectivity index (χ4v) is 1.79. The van der Waals surface area contributed by atoms with Crippen LogP contribution < -0.4 is 5.32 Å². The first-order valence-electron chi connectivity index (χ1n) is 4.42. The summed E-state index contributed by atoms with van der Waals surface area (Å²) in [7, 11) is 0. The van der Waals surface area contributed by atoms with Crippen molar-refractivity contribution in [3.63, 3.8) is 0 Å². The maximum Gasteiger partial charge on any atom is 0.256 e. The Kier molecular flexibility index (Phi) is 3.45. The molecule has 0 bridgehead atoms. The van der Waals surface area contributed by atoms with E-state index < -0.39 is 0 Å². The van der Waals surface area contributed by atoms with E-state index in [1.165, 1.54) is 0 Å². The van der Waals surface area contributed by atoms with Crippen LogP contribution in [0.3, 0.4) is 0 Å². The van der Waals surface area contributed by atoms with Crippen LogP contribution in [0.1, 0.15) is 10.4 Å². The number of nitrogens with one attached hydrogen (secondary N) is 2. The highest BCUT2D eigenvalue weighted by Gasteiger charge is 2.08. The van der Waals surface area contributed by atoms with Gasteiger partial charge in [-0.3, -0.25) is 9.89 Å². The number of benzene rings is 1. The minimum absolute atomic E-state index is 0.196. The van der Waals surface area contributed by atoms with E-state index in [9.17, 15) is 4.79 Å². The number of nitrogens with zero attached hydrogens (tertiary/aromatic N) is 1. The van der Waals surface area contributed by atoms with E-state index >= 15 is 0 Å². The quantitative estimate of drug-likeness (QED) is 0.821. The molecule has 0 aliphatic carbocycles. The van der Waals surface area contributed by atoms with Crippen molar-refractivity contribution in [2.24, 2.45) is 0 Å². The highest BCUT2D eigenvalue weighted by Crippen LogP contribution is 2.19. The molecule has 4 nitrogen and oxygen atoms in total. The fourth-order valence-electron chi connectivity index (χ4n) is 1.16. The lowest BCUT2D eigenvalue weighted by molar-refractivity contribution is 0.102. The van der Waals surface area contributed by atoms with Gasteiger partial charge < -0.3 is 5.32 Å². The SMILES string of the molecule is O=C(Nc1ccn[nH]1)c1ccc(Cl)c(I)c1. The number of amides is 1. The minimum atomic E-state index is -0.196. The van der Waals surface area contributed by atoms with Crippen LogP contribution in [0.25, 0.3) is 0 Å². The number of halogens is 2. The van der Waals surface area contributed by atoms with Gasteiger partial charge in [0.2, 0.25) is 0 Å². The Morgan fingerprint density at radius 3 is 2.88 bits per heavy atom. The van der Waals surface area contributed by atoms with E-state index in [2.05, 4.69) is 38.1 Å². The molecule has 1 amide bonds. The molecule has 0 aliphatic rings. The topological polar surface area (TPSA) is 57.8 Å². The molecule has 16 heavy (non-hydrogen) atoms. The zero-order valence-electron chi connectivity index (χ0n) is 8.00. The molecular formula is C10H7ClIN3O. The zero-order valence-corrected chi connectivity index (χ0v) is 10.9. The number of aromatic nitrogens is 2. The predicted molar refractivity (Wildman–Crippen MR) is 70.7 cm³/mol. The number of carbonyl (C=O) groups excluding carboxylic acids is 1. The van der Waals surface area contributed by atoms with Gasteiger partial charge in [-0.2, -0.15) is 5.10 Å². The summed E-state index contributed by atoms with van der Waals surface area (Å²) in [5, 5.41) is 9.71. The molecule has 2 N–H and O–H groups in total. The molecule has 1 aromatic heterocycles. The standard InChI is InChI=1S/C10H7ClIN3O/c11-7-2-1-6(5-8(7)12)10(16)14-9-3-4-13-15-9/h1-5H,(H2,13,14,15,16). The van der Waals surface area contributed by atoms with Gasteiger partial charge in [-0.25, -0.2) is 0 Å². The average molecular weight is 348 g/mol. The summed E-state index contributed by atoms with van der Waals surface area (Å²) in [6.45, 7) is 0. The Morgan fingerprint density at radius 1 is 1.44 bits per heavy atom. The summed E-state index contributed by atoms with van der Waals surface area (Å²) in [5.41, 5.74) is 0.559. The molecule has 0 atom stereocenters. The van der Waals surface area contributed by atoms with E-state index in [0.717, 1.165) is 3.57 Å². The van der Waals surface area contributed by atoms with Crippen LogP contribution in [0, 0.1) is 3.57 Å². The number of aromatic amines is 1. The van der Waals surface area contributed by atoms with E-state index in [-0.39, 0.29) is 5.91 Å². The fraction of sp³-hybridized carbons (Fsp3) is 0. The smallest absolute Gasteiger partial charge is 0.256 e. The number of anilines is 1. The van der Waals surface area contributed by atoms with Crippen molar-refractivity contribution in [1.82, 2.24) is 10.2 Å². The summed E-state index contributed by atoms with van der Waals surface area (Å²) in [6, 6.07) is 6.79. The van der Waals surface area contributed by atoms with Crippen molar-refractivity contribution in [2.75, 3.05) is 5.32 Å². The second kappa shape index (κ2) is 4.84. The van der Waals surface area contributed by atoms with E-state index in [0.29, 0.717) is 16.4 Å². The zero-order chi connectivity index (χ0) is 11.5. The number of hydrogen-bond acceptors (Lipinski definition) is 2. The number of carbonyl (C=O) groups is 1. The maximum atomic E-state index is 11.8. The van der Waals surface area contributed by atoms with Gasteiger partial charge in [0.1, 0.15) is 5.82 Å². The average Bonchev–Trinajstić information content (AvgIpc) is 2.74. The highest BCUT2D eigenvalue weighted by atomic mass is 127. The van der Waals surface area contributed by atoms with Crippen LogP contribution in [0.4, 0.5) is 5.82 Å². The van der Waals surface area contributed by atoms with Crippen LogP contribution in [0.2, 0.25) is 5.02 Å². The second-order valence-corrected chi connectivity index (χ2v) is 4.62. The molecular weight excluding hydrogens is 340 g/mol. The number of rotatable bonds is 2. The monoisotopic (exact) mass is 347 g/mol. The van der Waals surface area contributed by atoms with Crippen molar-refractivity contribution in [2.45, 2.75) is 0 Å². The Balaban J connectivity index is 2.18. The Morgan fingerprint density at radius 2 is 2.25 bits per heavy atom. The lowest BCUT2D eigenvalue weighted by Gasteiger charge is -2.03. The molecule has 0 fully saturated rings. The first-order valence-corrected chi connectivity index (χ1v) is 5.88. The van der Waals surface area contributed by atoms with Crippen LogP contribution >= 0.6 is 34.2 Å². The molecule has 82 valence electrons. The number of H-pyrrole nitrogens is 1. The largest absolute Gasteiger partial charge is 0.307 e. The van der Waals surface area contributed by atoms with Gasteiger partial charge >= 0.3 is 0 Å². The molecule has 0 saturated heterocycles. The Labute approximate surface area is 111 Å². The summed E-state index contributed by atoms with van der Waals surface area (Å²) in [4.78, 5) is 11.8. The van der Waals surface area contributed by atoms with E-state index in [1.807, 2.05) is 0 Å². The van der Waals surface area contributed by atoms with Crippen molar-refractivity contribution in [3.8, 4) is 0 Å². The van der Waals surface area contributed by atoms with Gasteiger partial charge in [-0.05, 0) is 40.8 Å². The molecule has 0 radical (unpaired) electrons. The molecule has 6 heteroatoms. The maximum absolute atomic E-state index is 11.8. The van der Waals surface area contributed by atoms with Gasteiger partial charge in [0.05, 0.1) is 11.2 Å². The van der Waals surface area contributed by atoms with Crippen LogP contribution in [-0.4, -0.2) is 16.1 Å². The molecule has 1 aromatic carbocycles. The Hall–Kier alpha value is -1.08. The normalized spacial score (nSPS) is 10.1. The molecule has 2 rings (SSSR count). The first kappa shape index (κ1) is 11.4. The molecule has 0 saturated carbocycles. The predicted octanol–water partition coefficient (Wildman–Crippen LogP) is 2.92. The van der Waals surface area contributed by atoms with Gasteiger partial charge in [-0.1, -0.05) is 11.6 Å². The van der Waals surface area contributed by atoms with Crippen LogP contribution in [-0.2, 0) is 0 Å². The summed E-state index contributed by atoms with van der Waals surface area (Å²) in [5.74, 6) is 0.369. The third-order valence-corrected chi connectivity index (χ3v) is 3.47. The van der Waals surface area contributed by atoms with Gasteiger partial charge in [0.15, 0.2) is 0 Å².